The molecule has 2 aliphatic rings. The summed E-state index contributed by atoms with van der Waals surface area (Å²) < 4.78 is 14.6. The highest BCUT2D eigenvalue weighted by atomic mass is 19.1. The van der Waals surface area contributed by atoms with Crippen LogP contribution in [0.25, 0.3) is 22.6 Å². The van der Waals surface area contributed by atoms with Crippen LogP contribution in [-0.2, 0) is 4.79 Å². The number of carbonyl (C=O) groups excluding carboxylic acids is 1. The molecule has 0 bridgehead atoms. The van der Waals surface area contributed by atoms with Gasteiger partial charge >= 0.3 is 0 Å². The number of hydrogen-bond acceptors (Lipinski definition) is 7. The van der Waals surface area contributed by atoms with Crippen molar-refractivity contribution in [3.63, 3.8) is 0 Å². The number of aromatic nitrogens is 2. The number of nitrogens with one attached hydrogen (secondary N) is 3. The van der Waals surface area contributed by atoms with Crippen molar-refractivity contribution in [2.24, 2.45) is 0 Å². The van der Waals surface area contributed by atoms with Gasteiger partial charge < -0.3 is 30.3 Å². The van der Waals surface area contributed by atoms with E-state index in [1.54, 1.807) is 12.1 Å². The Morgan fingerprint density at radius 3 is 2.68 bits per heavy atom. The topological polar surface area (TPSA) is 96.6 Å². The minimum atomic E-state index is -0.504. The van der Waals surface area contributed by atoms with Crippen molar-refractivity contribution in [3.8, 4) is 0 Å². The summed E-state index contributed by atoms with van der Waals surface area (Å²) in [5.74, 6) is -0.518. The van der Waals surface area contributed by atoms with Crippen LogP contribution in [0.2, 0.25) is 0 Å². The lowest BCUT2D eigenvalue weighted by Crippen LogP contribution is -2.44. The summed E-state index contributed by atoms with van der Waals surface area (Å²) in [6.07, 6.45) is 2.42. The van der Waals surface area contributed by atoms with Gasteiger partial charge in [0.1, 0.15) is 11.6 Å². The Balaban J connectivity index is 1.42. The number of piperazine rings is 1. The van der Waals surface area contributed by atoms with Crippen LogP contribution in [0.1, 0.15) is 17.8 Å². The number of amides is 1. The minimum Gasteiger partial charge on any atom is -0.383 e. The average Bonchev–Trinajstić information content (AvgIpc) is 3.17. The first-order chi connectivity index (χ1) is 17.8. The fourth-order valence-electron chi connectivity index (χ4n) is 4.72. The van der Waals surface area contributed by atoms with E-state index in [-0.39, 0.29) is 17.1 Å². The Labute approximate surface area is 215 Å². The highest BCUT2D eigenvalue weighted by Crippen LogP contribution is 2.36. The quantitative estimate of drug-likeness (QED) is 0.336. The summed E-state index contributed by atoms with van der Waals surface area (Å²) in [5.41, 5.74) is 3.18. The maximum atomic E-state index is 14.6. The van der Waals surface area contributed by atoms with E-state index in [2.05, 4.69) is 42.3 Å². The van der Waals surface area contributed by atoms with Gasteiger partial charge in [-0.15, -0.1) is 0 Å². The Morgan fingerprint density at radius 2 is 1.92 bits per heavy atom. The van der Waals surface area contributed by atoms with E-state index >= 15 is 0 Å². The number of likely N-dealkylation sites (N-methyl/N-ethyl adjacent to an activating group) is 1. The van der Waals surface area contributed by atoms with E-state index in [9.17, 15) is 14.0 Å². The molecule has 0 spiro atoms. The molecular formula is C27H32FN7O2. The van der Waals surface area contributed by atoms with Gasteiger partial charge in [0.05, 0.1) is 27.9 Å². The number of benzene rings is 2. The predicted molar refractivity (Wildman–Crippen MR) is 147 cm³/mol. The molecule has 37 heavy (non-hydrogen) atoms. The lowest BCUT2D eigenvalue weighted by Gasteiger charge is -2.34. The zero-order valence-electron chi connectivity index (χ0n) is 21.4. The highest BCUT2D eigenvalue weighted by molar-refractivity contribution is 6.34. The zero-order chi connectivity index (χ0) is 26.1. The van der Waals surface area contributed by atoms with Crippen molar-refractivity contribution in [3.05, 3.63) is 57.9 Å². The van der Waals surface area contributed by atoms with Gasteiger partial charge in [-0.1, -0.05) is 6.07 Å². The summed E-state index contributed by atoms with van der Waals surface area (Å²) in [6.45, 7) is 5.31. The second kappa shape index (κ2) is 10.3. The van der Waals surface area contributed by atoms with Gasteiger partial charge in [-0.3, -0.25) is 9.59 Å². The van der Waals surface area contributed by atoms with E-state index in [4.69, 9.17) is 0 Å². The fraction of sp³-hybridized carbons (Fsp3) is 0.370. The minimum absolute atomic E-state index is 0.159. The maximum absolute atomic E-state index is 14.6. The molecular weight excluding hydrogens is 473 g/mol. The van der Waals surface area contributed by atoms with Crippen LogP contribution >= 0.6 is 0 Å². The van der Waals surface area contributed by atoms with Crippen molar-refractivity contribution < 1.29 is 9.18 Å². The fourth-order valence-corrected chi connectivity index (χ4v) is 4.72. The lowest BCUT2D eigenvalue weighted by atomic mass is 10.1. The number of fused-ring (bicyclic) bond motifs is 2. The van der Waals surface area contributed by atoms with Gasteiger partial charge in [-0.05, 0) is 64.5 Å². The Kier molecular flexibility index (Phi) is 6.94. The number of rotatable bonds is 7. The van der Waals surface area contributed by atoms with Gasteiger partial charge in [0.25, 0.3) is 11.5 Å². The van der Waals surface area contributed by atoms with Crippen molar-refractivity contribution >= 4 is 45.5 Å². The second-order valence-electron chi connectivity index (χ2n) is 9.92. The number of anilines is 3. The monoisotopic (exact) mass is 505 g/mol. The Bertz CT molecular complexity index is 1420. The summed E-state index contributed by atoms with van der Waals surface area (Å²) in [5, 5.41) is 6.18. The maximum Gasteiger partial charge on any atom is 0.259 e. The third-order valence-corrected chi connectivity index (χ3v) is 6.85. The third kappa shape index (κ3) is 5.35. The van der Waals surface area contributed by atoms with E-state index in [0.29, 0.717) is 23.3 Å². The van der Waals surface area contributed by atoms with Crippen molar-refractivity contribution in [2.45, 2.75) is 6.42 Å². The summed E-state index contributed by atoms with van der Waals surface area (Å²) in [6, 6.07) is 8.68. The van der Waals surface area contributed by atoms with Crippen LogP contribution in [0.3, 0.4) is 0 Å². The molecule has 1 aromatic heterocycles. The van der Waals surface area contributed by atoms with Crippen molar-refractivity contribution in [1.82, 2.24) is 19.8 Å². The van der Waals surface area contributed by atoms with Gasteiger partial charge in [-0.25, -0.2) is 9.37 Å². The van der Waals surface area contributed by atoms with Crippen LogP contribution in [0.15, 0.2) is 35.1 Å². The Hall–Kier alpha value is -3.76. The number of halogens is 1. The zero-order valence-corrected chi connectivity index (χ0v) is 21.4. The largest absolute Gasteiger partial charge is 0.383 e. The third-order valence-electron chi connectivity index (χ3n) is 6.85. The molecule has 0 unspecified atom stereocenters. The molecule has 3 N–H and O–H groups in total. The Morgan fingerprint density at radius 1 is 1.14 bits per heavy atom. The number of H-pyrrole nitrogens is 1. The molecule has 0 atom stereocenters. The first kappa shape index (κ1) is 24.9. The summed E-state index contributed by atoms with van der Waals surface area (Å²) >= 11 is 0. The average molecular weight is 506 g/mol. The van der Waals surface area contributed by atoms with Crippen LogP contribution in [-0.4, -0.2) is 86.1 Å². The molecule has 1 saturated heterocycles. The first-order valence-electron chi connectivity index (χ1n) is 12.5. The molecule has 3 heterocycles. The molecule has 0 radical (unpaired) electrons. The predicted octanol–water partition coefficient (Wildman–Crippen LogP) is 2.67. The molecule has 0 saturated carbocycles. The van der Waals surface area contributed by atoms with Crippen LogP contribution in [0.4, 0.5) is 21.5 Å². The van der Waals surface area contributed by atoms with E-state index < -0.39 is 11.4 Å². The second-order valence-corrected chi connectivity index (χ2v) is 9.92. The SMILES string of the molecule is CN(C)CCCNc1cc2nc(C=C3C(=O)Nc4cc(N5CCN(C)CC5)ccc43)[nH]c(=O)c2cc1F. The molecule has 0 aliphatic carbocycles. The molecule has 9 nitrogen and oxygen atoms in total. The first-order valence-corrected chi connectivity index (χ1v) is 12.5. The van der Waals surface area contributed by atoms with Crippen LogP contribution in [0, 0.1) is 5.82 Å². The van der Waals surface area contributed by atoms with Gasteiger partial charge in [0.15, 0.2) is 0 Å². The normalized spacial score (nSPS) is 17.1. The molecule has 1 amide bonds. The standard InChI is InChI=1S/C27H32FN7O2/c1-33(2)8-4-7-29-24-16-23-20(14-21(24)28)27(37)32-25(30-23)15-19-18-6-5-17(13-22(18)31-26(19)36)35-11-9-34(3)10-12-35/h5-6,13-16,29H,4,7-12H2,1-3H3,(H,31,36)(H,30,32,37). The van der Waals surface area contributed by atoms with Crippen LogP contribution in [0.5, 0.6) is 0 Å². The van der Waals surface area contributed by atoms with Crippen LogP contribution < -0.4 is 21.1 Å². The van der Waals surface area contributed by atoms with Crippen molar-refractivity contribution in [1.29, 1.82) is 0 Å². The molecule has 194 valence electrons. The molecule has 3 aromatic rings. The summed E-state index contributed by atoms with van der Waals surface area (Å²) in [7, 11) is 6.08. The van der Waals surface area contributed by atoms with Gasteiger partial charge in [0.2, 0.25) is 0 Å². The molecule has 2 aromatic carbocycles. The van der Waals surface area contributed by atoms with E-state index in [1.165, 1.54) is 6.07 Å². The van der Waals surface area contributed by atoms with Gasteiger partial charge in [0, 0.05) is 44.0 Å². The molecule has 5 rings (SSSR count). The van der Waals surface area contributed by atoms with Crippen molar-refractivity contribution in [2.75, 3.05) is 75.9 Å². The van der Waals surface area contributed by atoms with Gasteiger partial charge in [-0.2, -0.15) is 0 Å². The number of carbonyl (C=O) groups is 1. The van der Waals surface area contributed by atoms with E-state index in [1.807, 2.05) is 32.3 Å². The van der Waals surface area contributed by atoms with E-state index in [0.717, 1.165) is 56.1 Å². The highest BCUT2D eigenvalue weighted by Gasteiger charge is 2.26. The number of hydrogen-bond donors (Lipinski definition) is 3. The number of nitrogens with zero attached hydrogens (tertiary/aromatic N) is 4. The summed E-state index contributed by atoms with van der Waals surface area (Å²) in [4.78, 5) is 39.4. The molecule has 1 fully saturated rings. The lowest BCUT2D eigenvalue weighted by molar-refractivity contribution is -0.110. The molecule has 10 heteroatoms. The molecule has 2 aliphatic heterocycles. The smallest absolute Gasteiger partial charge is 0.259 e. The number of aromatic amines is 1.